The van der Waals surface area contributed by atoms with Crippen LogP contribution >= 0.6 is 11.3 Å². The Morgan fingerprint density at radius 1 is 1.14 bits per heavy atom. The van der Waals surface area contributed by atoms with Crippen LogP contribution in [-0.4, -0.2) is 31.0 Å². The lowest BCUT2D eigenvalue weighted by Crippen LogP contribution is -2.15. The van der Waals surface area contributed by atoms with Crippen molar-refractivity contribution in [2.24, 2.45) is 0 Å². The highest BCUT2D eigenvalue weighted by molar-refractivity contribution is 7.13. The minimum atomic E-state index is -0.522. The SMILES string of the molecule is COc1cc(C=O)ccc1OCC(=O)OCc1csc(-c2ccc(C)cc2)n1. The molecule has 0 spiro atoms. The Morgan fingerprint density at radius 2 is 1.93 bits per heavy atom. The molecule has 28 heavy (non-hydrogen) atoms. The zero-order chi connectivity index (χ0) is 19.9. The summed E-state index contributed by atoms with van der Waals surface area (Å²) in [5.41, 5.74) is 3.36. The van der Waals surface area contributed by atoms with Crippen molar-refractivity contribution in [3.63, 3.8) is 0 Å². The van der Waals surface area contributed by atoms with Gasteiger partial charge in [-0.05, 0) is 25.1 Å². The number of carbonyl (C=O) groups is 2. The average Bonchev–Trinajstić information content (AvgIpc) is 3.20. The number of carbonyl (C=O) groups excluding carboxylic acids is 2. The minimum absolute atomic E-state index is 0.0752. The molecule has 0 amide bonds. The Hall–Kier alpha value is -3.19. The van der Waals surface area contributed by atoms with E-state index < -0.39 is 5.97 Å². The summed E-state index contributed by atoms with van der Waals surface area (Å²) in [4.78, 5) is 27.3. The lowest BCUT2D eigenvalue weighted by molar-refractivity contribution is -0.147. The number of hydrogen-bond donors (Lipinski definition) is 0. The number of ether oxygens (including phenoxy) is 3. The molecule has 1 aromatic heterocycles. The topological polar surface area (TPSA) is 74.7 Å². The second-order valence-corrected chi connectivity index (χ2v) is 6.85. The first-order chi connectivity index (χ1) is 13.6. The van der Waals surface area contributed by atoms with Gasteiger partial charge in [-0.25, -0.2) is 9.78 Å². The van der Waals surface area contributed by atoms with Crippen molar-refractivity contribution < 1.29 is 23.8 Å². The molecule has 0 aliphatic carbocycles. The van der Waals surface area contributed by atoms with E-state index in [1.54, 1.807) is 12.1 Å². The van der Waals surface area contributed by atoms with E-state index in [0.29, 0.717) is 29.0 Å². The molecule has 0 atom stereocenters. The molecule has 2 aromatic carbocycles. The Balaban J connectivity index is 1.52. The molecule has 7 heteroatoms. The summed E-state index contributed by atoms with van der Waals surface area (Å²) >= 11 is 1.50. The van der Waals surface area contributed by atoms with Crippen molar-refractivity contribution in [3.05, 3.63) is 64.7 Å². The Labute approximate surface area is 166 Å². The third kappa shape index (κ3) is 4.95. The quantitative estimate of drug-likeness (QED) is 0.421. The molecule has 0 fully saturated rings. The molecular formula is C21H19NO5S. The summed E-state index contributed by atoms with van der Waals surface area (Å²) in [6, 6.07) is 12.8. The van der Waals surface area contributed by atoms with Crippen molar-refractivity contribution in [1.29, 1.82) is 0 Å². The highest BCUT2D eigenvalue weighted by Crippen LogP contribution is 2.27. The molecule has 144 valence electrons. The third-order valence-corrected chi connectivity index (χ3v) is 4.84. The predicted molar refractivity (Wildman–Crippen MR) is 106 cm³/mol. The first-order valence-electron chi connectivity index (χ1n) is 8.52. The van der Waals surface area contributed by atoms with Gasteiger partial charge in [0.1, 0.15) is 17.9 Å². The van der Waals surface area contributed by atoms with Crippen molar-refractivity contribution >= 4 is 23.6 Å². The van der Waals surface area contributed by atoms with Gasteiger partial charge >= 0.3 is 5.97 Å². The van der Waals surface area contributed by atoms with Gasteiger partial charge in [-0.2, -0.15) is 0 Å². The van der Waals surface area contributed by atoms with Gasteiger partial charge < -0.3 is 14.2 Å². The van der Waals surface area contributed by atoms with Gasteiger partial charge in [0, 0.05) is 16.5 Å². The van der Waals surface area contributed by atoms with E-state index >= 15 is 0 Å². The third-order valence-electron chi connectivity index (χ3n) is 3.90. The molecule has 0 saturated heterocycles. The van der Waals surface area contributed by atoms with Crippen molar-refractivity contribution in [2.45, 2.75) is 13.5 Å². The molecule has 0 aliphatic heterocycles. The summed E-state index contributed by atoms with van der Waals surface area (Å²) in [6.45, 7) is 1.84. The van der Waals surface area contributed by atoms with Crippen LogP contribution in [0.3, 0.4) is 0 Å². The molecule has 1 heterocycles. The molecule has 3 aromatic rings. The van der Waals surface area contributed by atoms with Gasteiger partial charge in [-0.3, -0.25) is 4.79 Å². The largest absolute Gasteiger partial charge is 0.493 e. The predicted octanol–water partition coefficient (Wildman–Crippen LogP) is 4.06. The Morgan fingerprint density at radius 3 is 2.64 bits per heavy atom. The number of rotatable bonds is 8. The van der Waals surface area contributed by atoms with E-state index in [2.05, 4.69) is 4.98 Å². The van der Waals surface area contributed by atoms with E-state index in [1.807, 2.05) is 36.6 Å². The maximum atomic E-state index is 12.0. The molecule has 0 unspecified atom stereocenters. The van der Waals surface area contributed by atoms with E-state index in [1.165, 1.54) is 30.1 Å². The minimum Gasteiger partial charge on any atom is -0.493 e. The smallest absolute Gasteiger partial charge is 0.344 e. The summed E-state index contributed by atoms with van der Waals surface area (Å²) in [5.74, 6) is 0.214. The van der Waals surface area contributed by atoms with Crippen LogP contribution in [0, 0.1) is 6.92 Å². The summed E-state index contributed by atoms with van der Waals surface area (Å²) in [5, 5.41) is 2.74. The zero-order valence-electron chi connectivity index (χ0n) is 15.5. The number of aromatic nitrogens is 1. The lowest BCUT2D eigenvalue weighted by Gasteiger charge is -2.10. The Kier molecular flexibility index (Phi) is 6.39. The number of methoxy groups -OCH3 is 1. The average molecular weight is 397 g/mol. The van der Waals surface area contributed by atoms with Crippen LogP contribution in [0.1, 0.15) is 21.6 Å². The number of benzene rings is 2. The number of hydrogen-bond acceptors (Lipinski definition) is 7. The van der Waals surface area contributed by atoms with Gasteiger partial charge in [0.25, 0.3) is 0 Å². The number of thiazole rings is 1. The van der Waals surface area contributed by atoms with Crippen LogP contribution in [0.4, 0.5) is 0 Å². The fourth-order valence-corrected chi connectivity index (χ4v) is 3.22. The highest BCUT2D eigenvalue weighted by Gasteiger charge is 2.11. The molecule has 3 rings (SSSR count). The maximum absolute atomic E-state index is 12.0. The van der Waals surface area contributed by atoms with Crippen LogP contribution in [-0.2, 0) is 16.1 Å². The second-order valence-electron chi connectivity index (χ2n) is 5.99. The van der Waals surface area contributed by atoms with E-state index in [-0.39, 0.29) is 13.2 Å². The first kappa shape index (κ1) is 19.6. The monoisotopic (exact) mass is 397 g/mol. The number of esters is 1. The van der Waals surface area contributed by atoms with Gasteiger partial charge in [0.05, 0.1) is 12.8 Å². The molecular weight excluding hydrogens is 378 g/mol. The normalized spacial score (nSPS) is 10.4. The molecule has 0 aliphatic rings. The summed E-state index contributed by atoms with van der Waals surface area (Å²) in [7, 11) is 1.46. The Bertz CT molecular complexity index is 965. The van der Waals surface area contributed by atoms with Crippen molar-refractivity contribution in [3.8, 4) is 22.1 Å². The first-order valence-corrected chi connectivity index (χ1v) is 9.40. The standard InChI is InChI=1S/C21H19NO5S/c1-14-3-6-16(7-4-14)21-22-17(13-28-21)11-27-20(24)12-26-18-8-5-15(10-23)9-19(18)25-2/h3-10,13H,11-12H2,1-2H3. The van der Waals surface area contributed by atoms with E-state index in [4.69, 9.17) is 14.2 Å². The fraction of sp³-hybridized carbons (Fsp3) is 0.190. The van der Waals surface area contributed by atoms with Gasteiger partial charge in [-0.1, -0.05) is 29.8 Å². The second kappa shape index (κ2) is 9.14. The number of aldehydes is 1. The van der Waals surface area contributed by atoms with E-state index in [9.17, 15) is 9.59 Å². The summed E-state index contributed by atoms with van der Waals surface area (Å²) in [6.07, 6.45) is 0.708. The van der Waals surface area contributed by atoms with Crippen molar-refractivity contribution in [2.75, 3.05) is 13.7 Å². The lowest BCUT2D eigenvalue weighted by atomic mass is 10.2. The number of nitrogens with zero attached hydrogens (tertiary/aromatic N) is 1. The van der Waals surface area contributed by atoms with E-state index in [0.717, 1.165) is 10.6 Å². The maximum Gasteiger partial charge on any atom is 0.344 e. The molecule has 0 radical (unpaired) electrons. The molecule has 6 nitrogen and oxygen atoms in total. The summed E-state index contributed by atoms with van der Waals surface area (Å²) < 4.78 is 15.8. The fourth-order valence-electron chi connectivity index (χ4n) is 2.41. The van der Waals surface area contributed by atoms with Crippen molar-refractivity contribution in [1.82, 2.24) is 4.98 Å². The van der Waals surface area contributed by atoms with Crippen LogP contribution in [0.2, 0.25) is 0 Å². The van der Waals surface area contributed by atoms with Crippen LogP contribution in [0.25, 0.3) is 10.6 Å². The van der Waals surface area contributed by atoms with Gasteiger partial charge in [-0.15, -0.1) is 11.3 Å². The van der Waals surface area contributed by atoms with Gasteiger partial charge in [0.2, 0.25) is 0 Å². The van der Waals surface area contributed by atoms with Crippen LogP contribution < -0.4 is 9.47 Å². The molecule has 0 saturated carbocycles. The molecule has 0 bridgehead atoms. The van der Waals surface area contributed by atoms with Gasteiger partial charge in [0.15, 0.2) is 18.1 Å². The highest BCUT2D eigenvalue weighted by atomic mass is 32.1. The molecule has 0 N–H and O–H groups in total. The number of aryl methyl sites for hydroxylation is 1. The van der Waals surface area contributed by atoms with Crippen LogP contribution in [0.5, 0.6) is 11.5 Å². The van der Waals surface area contributed by atoms with Crippen LogP contribution in [0.15, 0.2) is 47.8 Å². The zero-order valence-corrected chi connectivity index (χ0v) is 16.3.